The van der Waals surface area contributed by atoms with Gasteiger partial charge in [0, 0.05) is 0 Å². The third kappa shape index (κ3) is 2.99. The second-order valence-electron chi connectivity index (χ2n) is 4.52. The van der Waals surface area contributed by atoms with Crippen LogP contribution in [-0.2, 0) is 5.33 Å². The molecule has 0 aliphatic rings. The predicted molar refractivity (Wildman–Crippen MR) is 93.4 cm³/mol. The zero-order chi connectivity index (χ0) is 15.0. The van der Waals surface area contributed by atoms with Crippen LogP contribution in [0.5, 0.6) is 0 Å². The predicted octanol–water partition coefficient (Wildman–Crippen LogP) is 5.33. The van der Waals surface area contributed by atoms with Gasteiger partial charge in [0.2, 0.25) is 0 Å². The Hall–Kier alpha value is -0.571. The molecule has 0 N–H and O–H groups in total. The second-order valence-corrected chi connectivity index (χ2v) is 8.16. The van der Waals surface area contributed by atoms with Crippen LogP contribution in [0.15, 0.2) is 42.5 Å². The summed E-state index contributed by atoms with van der Waals surface area (Å²) in [6, 6.07) is 12.9. The van der Waals surface area contributed by atoms with E-state index < -0.39 is 0 Å². The maximum absolute atomic E-state index is 12.7. The fourth-order valence-corrected chi connectivity index (χ4v) is 6.18. The Morgan fingerprint density at radius 1 is 1.05 bits per heavy atom. The summed E-state index contributed by atoms with van der Waals surface area (Å²) < 4.78 is 2.06. The van der Waals surface area contributed by atoms with E-state index in [1.165, 1.54) is 4.26 Å². The number of hydrogen-bond acceptors (Lipinski definition) is 1. The molecule has 0 aliphatic heterocycles. The van der Waals surface area contributed by atoms with E-state index in [1.54, 1.807) is 24.3 Å². The molecule has 0 radical (unpaired) electrons. The van der Waals surface area contributed by atoms with Gasteiger partial charge in [-0.1, -0.05) is 0 Å². The SMILES string of the molecule is O=C(c1ccc(Cl)cc1)c1[se]c2cc(Cl)ccc2c1CBr. The molecule has 21 heavy (non-hydrogen) atoms. The van der Waals surface area contributed by atoms with Crippen LogP contribution in [-0.4, -0.2) is 20.3 Å². The Kier molecular flexibility index (Phi) is 4.58. The van der Waals surface area contributed by atoms with Crippen LogP contribution in [0.1, 0.15) is 20.4 Å². The summed E-state index contributed by atoms with van der Waals surface area (Å²) in [6.45, 7) is 0. The monoisotopic (exact) mass is 446 g/mol. The number of carbonyl (C=O) groups is 1. The molecule has 0 unspecified atom stereocenters. The average Bonchev–Trinajstić information content (AvgIpc) is 2.84. The molecule has 0 bridgehead atoms. The second kappa shape index (κ2) is 6.27. The van der Waals surface area contributed by atoms with Gasteiger partial charge in [-0.3, -0.25) is 0 Å². The number of ketones is 1. The molecular weight excluding hydrogens is 438 g/mol. The Labute approximate surface area is 146 Å². The number of carbonyl (C=O) groups excluding carboxylic acids is 1. The third-order valence-corrected chi connectivity index (χ3v) is 6.75. The molecule has 106 valence electrons. The van der Waals surface area contributed by atoms with Gasteiger partial charge in [-0.25, -0.2) is 0 Å². The molecule has 0 amide bonds. The quantitative estimate of drug-likeness (QED) is 0.302. The van der Waals surface area contributed by atoms with Gasteiger partial charge in [0.1, 0.15) is 0 Å². The molecule has 1 aromatic heterocycles. The molecule has 1 nitrogen and oxygen atoms in total. The fourth-order valence-electron chi connectivity index (χ4n) is 2.17. The van der Waals surface area contributed by atoms with Gasteiger partial charge < -0.3 is 0 Å². The van der Waals surface area contributed by atoms with Gasteiger partial charge in [-0.15, -0.1) is 0 Å². The topological polar surface area (TPSA) is 17.1 Å². The van der Waals surface area contributed by atoms with Gasteiger partial charge in [-0.05, 0) is 0 Å². The summed E-state index contributed by atoms with van der Waals surface area (Å²) >= 11 is 15.4. The molecular formula is C16H9BrCl2OSe. The van der Waals surface area contributed by atoms with E-state index in [2.05, 4.69) is 15.9 Å². The van der Waals surface area contributed by atoms with Gasteiger partial charge >= 0.3 is 147 Å². The number of benzene rings is 2. The number of alkyl halides is 1. The Balaban J connectivity index is 2.15. The molecule has 0 saturated carbocycles. The van der Waals surface area contributed by atoms with Crippen molar-refractivity contribution < 1.29 is 4.79 Å². The van der Waals surface area contributed by atoms with Crippen molar-refractivity contribution in [1.29, 1.82) is 0 Å². The molecule has 1 heterocycles. The molecule has 0 fully saturated rings. The van der Waals surface area contributed by atoms with E-state index in [0.29, 0.717) is 20.9 Å². The number of rotatable bonds is 3. The van der Waals surface area contributed by atoms with E-state index in [1.807, 2.05) is 18.2 Å². The molecule has 0 aliphatic carbocycles. The Morgan fingerprint density at radius 2 is 1.71 bits per heavy atom. The summed E-state index contributed by atoms with van der Waals surface area (Å²) in [5.74, 6) is 0.0773. The van der Waals surface area contributed by atoms with Crippen molar-refractivity contribution in [2.45, 2.75) is 5.33 Å². The summed E-state index contributed by atoms with van der Waals surface area (Å²) in [6.07, 6.45) is 0. The van der Waals surface area contributed by atoms with Crippen LogP contribution in [0, 0.1) is 0 Å². The van der Waals surface area contributed by atoms with Crippen LogP contribution in [0.4, 0.5) is 0 Å². The molecule has 3 rings (SSSR count). The summed E-state index contributed by atoms with van der Waals surface area (Å²) in [4.78, 5) is 12.7. The summed E-state index contributed by atoms with van der Waals surface area (Å²) in [5.41, 5.74) is 1.75. The Bertz CT molecular complexity index is 824. The zero-order valence-corrected chi connectivity index (χ0v) is 15.5. The van der Waals surface area contributed by atoms with Crippen LogP contribution in [0.3, 0.4) is 0 Å². The first-order valence-corrected chi connectivity index (χ1v) is 9.76. The van der Waals surface area contributed by atoms with Gasteiger partial charge in [0.15, 0.2) is 0 Å². The molecule has 0 saturated heterocycles. The van der Waals surface area contributed by atoms with Gasteiger partial charge in [0.25, 0.3) is 0 Å². The van der Waals surface area contributed by atoms with E-state index >= 15 is 0 Å². The maximum atomic E-state index is 12.7. The Morgan fingerprint density at radius 3 is 2.38 bits per heavy atom. The van der Waals surface area contributed by atoms with Crippen molar-refractivity contribution in [3.05, 3.63) is 68.1 Å². The van der Waals surface area contributed by atoms with Crippen LogP contribution >= 0.6 is 39.1 Å². The minimum absolute atomic E-state index is 0.0138. The van der Waals surface area contributed by atoms with Crippen molar-refractivity contribution >= 4 is 69.1 Å². The van der Waals surface area contributed by atoms with E-state index in [-0.39, 0.29) is 20.3 Å². The normalized spacial score (nSPS) is 11.0. The van der Waals surface area contributed by atoms with Gasteiger partial charge in [0.05, 0.1) is 0 Å². The molecule has 5 heteroatoms. The van der Waals surface area contributed by atoms with Crippen molar-refractivity contribution in [2.75, 3.05) is 0 Å². The van der Waals surface area contributed by atoms with Crippen molar-refractivity contribution in [1.82, 2.24) is 0 Å². The van der Waals surface area contributed by atoms with Crippen LogP contribution in [0.2, 0.25) is 10.0 Å². The molecule has 0 spiro atoms. The van der Waals surface area contributed by atoms with E-state index in [9.17, 15) is 4.79 Å². The zero-order valence-electron chi connectivity index (χ0n) is 10.7. The minimum atomic E-state index is -0.0138. The molecule has 2 aromatic carbocycles. The van der Waals surface area contributed by atoms with E-state index in [0.717, 1.165) is 15.4 Å². The summed E-state index contributed by atoms with van der Waals surface area (Å²) in [7, 11) is 0. The van der Waals surface area contributed by atoms with Gasteiger partial charge in [-0.2, -0.15) is 0 Å². The standard InChI is InChI=1S/C16H9BrCl2OSe/c17-8-13-12-6-5-11(19)7-14(12)21-16(13)15(20)9-1-3-10(18)4-2-9/h1-7H,8H2. The molecule has 0 atom stereocenters. The first-order valence-electron chi connectivity index (χ1n) is 6.17. The third-order valence-electron chi connectivity index (χ3n) is 3.20. The number of halogens is 3. The fraction of sp³-hybridized carbons (Fsp3) is 0.0625. The molecule has 3 aromatic rings. The summed E-state index contributed by atoms with van der Waals surface area (Å²) in [5, 5.41) is 3.14. The number of hydrogen-bond donors (Lipinski definition) is 0. The van der Waals surface area contributed by atoms with Crippen molar-refractivity contribution in [2.24, 2.45) is 0 Å². The van der Waals surface area contributed by atoms with Crippen LogP contribution in [0.25, 0.3) is 9.65 Å². The first kappa shape index (κ1) is 15.3. The first-order chi connectivity index (χ1) is 10.1. The average molecular weight is 447 g/mol. The number of fused-ring (bicyclic) bond motifs is 1. The van der Waals surface area contributed by atoms with Crippen molar-refractivity contribution in [3.63, 3.8) is 0 Å². The van der Waals surface area contributed by atoms with Crippen LogP contribution < -0.4 is 0 Å². The van der Waals surface area contributed by atoms with Crippen molar-refractivity contribution in [3.8, 4) is 0 Å². The van der Waals surface area contributed by atoms with E-state index in [4.69, 9.17) is 23.2 Å².